The van der Waals surface area contributed by atoms with Gasteiger partial charge in [0.1, 0.15) is 5.76 Å². The Hall–Kier alpha value is -1.96. The number of benzene rings is 1. The van der Waals surface area contributed by atoms with Gasteiger partial charge in [0, 0.05) is 23.2 Å². The van der Waals surface area contributed by atoms with Gasteiger partial charge in [-0.3, -0.25) is 0 Å². The van der Waals surface area contributed by atoms with E-state index in [1.54, 1.807) is 0 Å². The summed E-state index contributed by atoms with van der Waals surface area (Å²) in [6, 6.07) is 6.39. The number of rotatable bonds is 5. The molecule has 0 amide bonds. The second-order valence-electron chi connectivity index (χ2n) is 7.50. The predicted molar refractivity (Wildman–Crippen MR) is 108 cm³/mol. The van der Waals surface area contributed by atoms with Gasteiger partial charge in [-0.1, -0.05) is 69.2 Å². The van der Waals surface area contributed by atoms with Crippen molar-refractivity contribution in [2.45, 2.75) is 63.8 Å². The highest BCUT2D eigenvalue weighted by Gasteiger charge is 2.31. The molecule has 2 heteroatoms. The van der Waals surface area contributed by atoms with Crippen molar-refractivity contribution in [1.82, 2.24) is 0 Å². The maximum Gasteiger partial charge on any atom is 0.117 e. The molecule has 2 N–H and O–H groups in total. The first-order valence-corrected chi connectivity index (χ1v) is 9.74. The molecular formula is C23H31NO. The minimum Gasteiger partial charge on any atom is -0.508 e. The molecule has 1 saturated carbocycles. The number of anilines is 1. The fourth-order valence-corrected chi connectivity index (χ4v) is 4.38. The number of aliphatic hydroxyl groups excluding tert-OH is 1. The van der Waals surface area contributed by atoms with Gasteiger partial charge in [-0.25, -0.2) is 0 Å². The minimum atomic E-state index is 0.131. The first-order chi connectivity index (χ1) is 12.1. The Kier molecular flexibility index (Phi) is 5.67. The van der Waals surface area contributed by atoms with Crippen LogP contribution in [0.3, 0.4) is 0 Å². The highest BCUT2D eigenvalue weighted by molar-refractivity contribution is 5.76. The molecule has 0 radical (unpaired) electrons. The van der Waals surface area contributed by atoms with Crippen molar-refractivity contribution in [3.63, 3.8) is 0 Å². The van der Waals surface area contributed by atoms with E-state index in [1.807, 2.05) is 12.1 Å². The first kappa shape index (κ1) is 17.8. The molecule has 0 saturated heterocycles. The maximum atomic E-state index is 10.0. The summed E-state index contributed by atoms with van der Waals surface area (Å²) in [6.07, 6.45) is 13.2. The Morgan fingerprint density at radius 1 is 1.24 bits per heavy atom. The molecule has 134 valence electrons. The Bertz CT molecular complexity index is 667. The highest BCUT2D eigenvalue weighted by atomic mass is 16.3. The summed E-state index contributed by atoms with van der Waals surface area (Å²) in [6.45, 7) is 10.4. The smallest absolute Gasteiger partial charge is 0.117 e. The van der Waals surface area contributed by atoms with E-state index >= 15 is 0 Å². The van der Waals surface area contributed by atoms with Crippen LogP contribution in [-0.4, -0.2) is 11.1 Å². The quantitative estimate of drug-likeness (QED) is 0.469. The normalized spacial score (nSPS) is 23.9. The Balaban J connectivity index is 1.92. The van der Waals surface area contributed by atoms with Gasteiger partial charge >= 0.3 is 0 Å². The van der Waals surface area contributed by atoms with Crippen molar-refractivity contribution in [3.8, 4) is 0 Å². The Labute approximate surface area is 152 Å². The average molecular weight is 338 g/mol. The zero-order valence-electron chi connectivity index (χ0n) is 15.4. The zero-order valence-corrected chi connectivity index (χ0v) is 15.4. The summed E-state index contributed by atoms with van der Waals surface area (Å²) in [5, 5.41) is 13.7. The fraction of sp³-hybridized carbons (Fsp3) is 0.478. The number of fused-ring (bicyclic) bond motifs is 1. The molecule has 1 aliphatic heterocycles. The monoisotopic (exact) mass is 337 g/mol. The largest absolute Gasteiger partial charge is 0.508 e. The molecule has 2 aliphatic rings. The molecule has 0 bridgehead atoms. The van der Waals surface area contributed by atoms with Gasteiger partial charge in [0.05, 0.1) is 0 Å². The van der Waals surface area contributed by atoms with Crippen molar-refractivity contribution < 1.29 is 5.11 Å². The summed E-state index contributed by atoms with van der Waals surface area (Å²) < 4.78 is 0. The number of nitrogens with one attached hydrogen (secondary N) is 1. The summed E-state index contributed by atoms with van der Waals surface area (Å²) in [7, 11) is 0. The van der Waals surface area contributed by atoms with E-state index in [2.05, 4.69) is 43.6 Å². The summed E-state index contributed by atoms with van der Waals surface area (Å²) in [5.41, 5.74) is 4.45. The van der Waals surface area contributed by atoms with Crippen LogP contribution in [0.2, 0.25) is 0 Å². The summed E-state index contributed by atoms with van der Waals surface area (Å²) in [4.78, 5) is 0. The molecule has 0 spiro atoms. The lowest BCUT2D eigenvalue weighted by atomic mass is 9.76. The molecule has 1 aliphatic carbocycles. The molecule has 2 atom stereocenters. The predicted octanol–water partition coefficient (Wildman–Crippen LogP) is 6.59. The van der Waals surface area contributed by atoms with Crippen LogP contribution in [0.5, 0.6) is 0 Å². The Morgan fingerprint density at radius 3 is 2.68 bits per heavy atom. The molecule has 1 fully saturated rings. The van der Waals surface area contributed by atoms with Crippen LogP contribution in [-0.2, 0) is 0 Å². The molecule has 25 heavy (non-hydrogen) atoms. The van der Waals surface area contributed by atoms with Gasteiger partial charge in [0.2, 0.25) is 0 Å². The van der Waals surface area contributed by atoms with E-state index in [4.69, 9.17) is 0 Å². The molecule has 0 aromatic heterocycles. The maximum absolute atomic E-state index is 10.0. The number of hydrogen-bond donors (Lipinski definition) is 2. The number of para-hydroxylation sites is 1. The third-order valence-corrected chi connectivity index (χ3v) is 5.80. The van der Waals surface area contributed by atoms with Gasteiger partial charge in [-0.2, -0.15) is 0 Å². The van der Waals surface area contributed by atoms with Crippen molar-refractivity contribution in [3.05, 3.63) is 60.2 Å². The van der Waals surface area contributed by atoms with Gasteiger partial charge in [0.25, 0.3) is 0 Å². The third kappa shape index (κ3) is 3.84. The molecule has 2 unspecified atom stereocenters. The van der Waals surface area contributed by atoms with Crippen molar-refractivity contribution in [1.29, 1.82) is 0 Å². The van der Waals surface area contributed by atoms with Crippen LogP contribution in [0, 0.1) is 5.92 Å². The van der Waals surface area contributed by atoms with Gasteiger partial charge in [0.15, 0.2) is 0 Å². The summed E-state index contributed by atoms with van der Waals surface area (Å²) >= 11 is 0. The lowest BCUT2D eigenvalue weighted by molar-refractivity contribution is 0.385. The van der Waals surface area contributed by atoms with E-state index in [0.29, 0.717) is 11.8 Å². The number of hydrogen-bond acceptors (Lipinski definition) is 2. The van der Waals surface area contributed by atoms with Gasteiger partial charge in [-0.05, 0) is 43.2 Å². The van der Waals surface area contributed by atoms with E-state index in [1.165, 1.54) is 43.2 Å². The van der Waals surface area contributed by atoms with Crippen LogP contribution in [0.4, 0.5) is 5.69 Å². The van der Waals surface area contributed by atoms with Crippen molar-refractivity contribution in [2.24, 2.45) is 5.92 Å². The lowest BCUT2D eigenvalue weighted by Crippen LogP contribution is -2.33. The third-order valence-electron chi connectivity index (χ3n) is 5.80. The van der Waals surface area contributed by atoms with Crippen LogP contribution in [0.15, 0.2) is 49.1 Å². The molecule has 3 rings (SSSR count). The second-order valence-corrected chi connectivity index (χ2v) is 7.50. The molecule has 1 aromatic carbocycles. The lowest BCUT2D eigenvalue weighted by Gasteiger charge is -2.37. The van der Waals surface area contributed by atoms with Gasteiger partial charge < -0.3 is 10.4 Å². The number of allylic oxidation sites excluding steroid dienone is 2. The van der Waals surface area contributed by atoms with Crippen molar-refractivity contribution in [2.75, 3.05) is 5.32 Å². The van der Waals surface area contributed by atoms with Crippen LogP contribution >= 0.6 is 0 Å². The van der Waals surface area contributed by atoms with E-state index < -0.39 is 0 Å². The topological polar surface area (TPSA) is 32.3 Å². The second kappa shape index (κ2) is 7.95. The van der Waals surface area contributed by atoms with E-state index in [0.717, 1.165) is 24.1 Å². The zero-order chi connectivity index (χ0) is 17.8. The minimum absolute atomic E-state index is 0.131. The first-order valence-electron chi connectivity index (χ1n) is 9.74. The van der Waals surface area contributed by atoms with Crippen LogP contribution < -0.4 is 5.32 Å². The van der Waals surface area contributed by atoms with Crippen LogP contribution in [0.25, 0.3) is 5.76 Å². The van der Waals surface area contributed by atoms with Gasteiger partial charge in [-0.15, -0.1) is 0 Å². The molecule has 1 heterocycles. The fourth-order valence-electron chi connectivity index (χ4n) is 4.38. The van der Waals surface area contributed by atoms with Crippen molar-refractivity contribution >= 4 is 11.4 Å². The highest BCUT2D eigenvalue weighted by Crippen LogP contribution is 2.43. The number of aliphatic hydroxyl groups is 1. The standard InChI is InChI=1S/C23H31NO/c1-4-5-10-19-15-22(16(2)18-11-7-6-8-12-18)24-23-20(17(3)25)13-9-14-21(19)23/h5,9-10,13-14,18-19,22,24-25H,2-4,6-8,11-12,15H2,1H3/b10-5-. The molecule has 2 nitrogen and oxygen atoms in total. The summed E-state index contributed by atoms with van der Waals surface area (Å²) in [5.74, 6) is 1.13. The Morgan fingerprint density at radius 2 is 2.00 bits per heavy atom. The molecule has 1 aromatic rings. The van der Waals surface area contributed by atoms with E-state index in [9.17, 15) is 5.11 Å². The van der Waals surface area contributed by atoms with E-state index in [-0.39, 0.29) is 11.8 Å². The van der Waals surface area contributed by atoms with Crippen LogP contribution in [0.1, 0.15) is 68.9 Å². The molecular weight excluding hydrogens is 306 g/mol. The SMILES string of the molecule is C=C(O)c1cccc2c1NC(C(=C)C1CCCCC1)CC2/C=C\CC. The average Bonchev–Trinajstić information content (AvgIpc) is 2.65.